The lowest BCUT2D eigenvalue weighted by atomic mass is 10.2. The van der Waals surface area contributed by atoms with Gasteiger partial charge in [0.05, 0.1) is 0 Å². The van der Waals surface area contributed by atoms with E-state index in [4.69, 9.17) is 13.3 Å². The van der Waals surface area contributed by atoms with E-state index in [0.717, 1.165) is 0 Å². The maximum atomic E-state index is 12.0. The number of alkyl halides is 3. The highest BCUT2D eigenvalue weighted by molar-refractivity contribution is 6.60. The molecule has 0 rings (SSSR count). The molecule has 0 fully saturated rings. The van der Waals surface area contributed by atoms with Crippen molar-refractivity contribution in [2.75, 3.05) is 19.8 Å². The van der Waals surface area contributed by atoms with Gasteiger partial charge >= 0.3 is 15.0 Å². The molecule has 0 aromatic rings. The van der Waals surface area contributed by atoms with Gasteiger partial charge in [0.1, 0.15) is 0 Å². The summed E-state index contributed by atoms with van der Waals surface area (Å²) in [6.45, 7) is 7.08. The van der Waals surface area contributed by atoms with Crippen LogP contribution in [0.2, 0.25) is 6.04 Å². The molecule has 0 aromatic carbocycles. The van der Waals surface area contributed by atoms with Gasteiger partial charge < -0.3 is 13.3 Å². The molecule has 0 aliphatic carbocycles. The Morgan fingerprint density at radius 1 is 0.789 bits per heavy atom. The average molecular weight is 302 g/mol. The fourth-order valence-corrected chi connectivity index (χ4v) is 4.53. The van der Waals surface area contributed by atoms with Crippen LogP contribution in [0.15, 0.2) is 0 Å². The predicted molar refractivity (Wildman–Crippen MR) is 70.0 cm³/mol. The van der Waals surface area contributed by atoms with E-state index in [1.54, 1.807) is 0 Å². The summed E-state index contributed by atoms with van der Waals surface area (Å²) in [5, 5.41) is 0. The van der Waals surface area contributed by atoms with Gasteiger partial charge in [0.25, 0.3) is 0 Å². The predicted octanol–water partition coefficient (Wildman–Crippen LogP) is 4.16. The van der Waals surface area contributed by atoms with Crippen molar-refractivity contribution < 1.29 is 26.4 Å². The molecule has 0 heterocycles. The van der Waals surface area contributed by atoms with E-state index in [-0.39, 0.29) is 6.42 Å². The summed E-state index contributed by atoms with van der Waals surface area (Å²) in [4.78, 5) is 0. The van der Waals surface area contributed by atoms with Crippen LogP contribution in [0.3, 0.4) is 0 Å². The number of rotatable bonds is 11. The van der Waals surface area contributed by atoms with E-state index < -0.39 is 21.4 Å². The second kappa shape index (κ2) is 9.74. The quantitative estimate of drug-likeness (QED) is 0.424. The van der Waals surface area contributed by atoms with Crippen molar-refractivity contribution in [1.29, 1.82) is 0 Å². The number of hydrogen-bond acceptors (Lipinski definition) is 3. The van der Waals surface area contributed by atoms with E-state index in [2.05, 4.69) is 0 Å². The highest BCUT2D eigenvalue weighted by atomic mass is 28.4. The molecule has 116 valence electrons. The zero-order valence-electron chi connectivity index (χ0n) is 12.0. The largest absolute Gasteiger partial charge is 0.500 e. The third-order valence-corrected chi connectivity index (χ3v) is 5.69. The van der Waals surface area contributed by atoms with E-state index in [9.17, 15) is 13.2 Å². The minimum absolute atomic E-state index is 0.151. The molecule has 0 spiro atoms. The summed E-state index contributed by atoms with van der Waals surface area (Å²) in [7, 11) is -2.67. The number of halogens is 3. The van der Waals surface area contributed by atoms with Gasteiger partial charge in [-0.1, -0.05) is 6.42 Å². The Labute approximate surface area is 114 Å². The van der Waals surface area contributed by atoms with Crippen molar-refractivity contribution in [1.82, 2.24) is 0 Å². The topological polar surface area (TPSA) is 27.7 Å². The Kier molecular flexibility index (Phi) is 9.68. The van der Waals surface area contributed by atoms with E-state index in [0.29, 0.717) is 38.7 Å². The first-order valence-corrected chi connectivity index (χ1v) is 8.81. The molecule has 0 radical (unpaired) electrons. The fourth-order valence-electron chi connectivity index (χ4n) is 1.84. The third kappa shape index (κ3) is 9.42. The smallest absolute Gasteiger partial charge is 0.374 e. The van der Waals surface area contributed by atoms with Gasteiger partial charge in [-0.05, 0) is 33.6 Å². The lowest BCUT2D eigenvalue weighted by Crippen LogP contribution is -2.45. The number of unbranched alkanes of at least 4 members (excludes halogenated alkanes) is 2. The SMILES string of the molecule is CCO[Si](CCCCCC(F)(F)F)(OCC)OCC. The zero-order chi connectivity index (χ0) is 14.8. The summed E-state index contributed by atoms with van der Waals surface area (Å²) in [6.07, 6.45) is -3.48. The molecule has 0 saturated carbocycles. The fraction of sp³-hybridized carbons (Fsp3) is 1.00. The second-order valence-corrected chi connectivity index (χ2v) is 6.89. The van der Waals surface area contributed by atoms with Crippen LogP contribution < -0.4 is 0 Å². The summed E-state index contributed by atoms with van der Waals surface area (Å²) in [5.74, 6) is 0. The third-order valence-electron chi connectivity index (χ3n) is 2.54. The molecule has 19 heavy (non-hydrogen) atoms. The van der Waals surface area contributed by atoms with Gasteiger partial charge in [-0.3, -0.25) is 0 Å². The van der Waals surface area contributed by atoms with E-state index in [1.165, 1.54) is 0 Å². The maximum absolute atomic E-state index is 12.0. The molecule has 0 aromatic heterocycles. The van der Waals surface area contributed by atoms with Gasteiger partial charge in [-0.2, -0.15) is 13.2 Å². The normalized spacial score (nSPS) is 12.9. The summed E-state index contributed by atoms with van der Waals surface area (Å²) in [6, 6.07) is 0.584. The van der Waals surface area contributed by atoms with Crippen molar-refractivity contribution in [2.24, 2.45) is 0 Å². The Balaban J connectivity index is 4.10. The first-order chi connectivity index (χ1) is 8.89. The molecule has 0 unspecified atom stereocenters. The van der Waals surface area contributed by atoms with Crippen LogP contribution in [0.4, 0.5) is 13.2 Å². The summed E-state index contributed by atoms with van der Waals surface area (Å²) < 4.78 is 52.9. The first kappa shape index (κ1) is 18.9. The van der Waals surface area contributed by atoms with Crippen LogP contribution in [0.5, 0.6) is 0 Å². The lowest BCUT2D eigenvalue weighted by Gasteiger charge is -2.28. The Bertz CT molecular complexity index is 208. The van der Waals surface area contributed by atoms with Crippen LogP contribution in [0, 0.1) is 0 Å². The minimum Gasteiger partial charge on any atom is -0.374 e. The summed E-state index contributed by atoms with van der Waals surface area (Å²) >= 11 is 0. The number of hydrogen-bond donors (Lipinski definition) is 0. The van der Waals surface area contributed by atoms with Crippen LogP contribution >= 0.6 is 0 Å². The maximum Gasteiger partial charge on any atom is 0.500 e. The molecule has 0 N–H and O–H groups in total. The van der Waals surface area contributed by atoms with Gasteiger partial charge in [0.15, 0.2) is 0 Å². The van der Waals surface area contributed by atoms with Gasteiger partial charge in [0.2, 0.25) is 0 Å². The molecule has 0 aliphatic heterocycles. The monoisotopic (exact) mass is 302 g/mol. The molecule has 0 bridgehead atoms. The van der Waals surface area contributed by atoms with Crippen molar-refractivity contribution in [3.8, 4) is 0 Å². The first-order valence-electron chi connectivity index (χ1n) is 6.87. The zero-order valence-corrected chi connectivity index (χ0v) is 13.0. The average Bonchev–Trinajstić information content (AvgIpc) is 2.28. The Morgan fingerprint density at radius 2 is 1.26 bits per heavy atom. The van der Waals surface area contributed by atoms with Crippen molar-refractivity contribution in [2.45, 2.75) is 58.7 Å². The molecule has 0 amide bonds. The molecule has 3 nitrogen and oxygen atoms in total. The van der Waals surface area contributed by atoms with Crippen LogP contribution in [-0.4, -0.2) is 34.8 Å². The minimum atomic E-state index is -4.06. The van der Waals surface area contributed by atoms with Crippen LogP contribution in [-0.2, 0) is 13.3 Å². The van der Waals surface area contributed by atoms with Gasteiger partial charge in [-0.25, -0.2) is 0 Å². The lowest BCUT2D eigenvalue weighted by molar-refractivity contribution is -0.135. The molecule has 0 aliphatic rings. The second-order valence-electron chi connectivity index (χ2n) is 4.16. The van der Waals surface area contributed by atoms with Crippen LogP contribution in [0.25, 0.3) is 0 Å². The summed E-state index contributed by atoms with van der Waals surface area (Å²) in [5.41, 5.74) is 0. The van der Waals surface area contributed by atoms with Crippen molar-refractivity contribution in [3.63, 3.8) is 0 Å². The van der Waals surface area contributed by atoms with Crippen LogP contribution in [0.1, 0.15) is 46.5 Å². The van der Waals surface area contributed by atoms with E-state index >= 15 is 0 Å². The van der Waals surface area contributed by atoms with Crippen molar-refractivity contribution in [3.05, 3.63) is 0 Å². The molecular formula is C12H25F3O3Si. The Hall–Kier alpha value is -0.113. The molecule has 0 saturated heterocycles. The Morgan fingerprint density at radius 3 is 1.63 bits per heavy atom. The standard InChI is InChI=1S/C12H25F3O3Si/c1-4-16-19(17-5-2,18-6-3)11-9-7-8-10-12(13,14)15/h4-11H2,1-3H3. The van der Waals surface area contributed by atoms with Crippen molar-refractivity contribution >= 4 is 8.80 Å². The van der Waals surface area contributed by atoms with E-state index in [1.807, 2.05) is 20.8 Å². The molecular weight excluding hydrogens is 277 g/mol. The highest BCUT2D eigenvalue weighted by Gasteiger charge is 2.39. The van der Waals surface area contributed by atoms with Gasteiger partial charge in [-0.15, -0.1) is 0 Å². The molecule has 0 atom stereocenters. The highest BCUT2D eigenvalue weighted by Crippen LogP contribution is 2.25. The van der Waals surface area contributed by atoms with Gasteiger partial charge in [0, 0.05) is 32.3 Å². The molecule has 7 heteroatoms.